The molecule has 1 heterocycles. The summed E-state index contributed by atoms with van der Waals surface area (Å²) >= 11 is 6.35. The van der Waals surface area contributed by atoms with E-state index >= 15 is 0 Å². The molecule has 0 atom stereocenters. The molecule has 1 nitrogen and oxygen atoms in total. The number of piperidine rings is 1. The number of benzene rings is 1. The van der Waals surface area contributed by atoms with E-state index in [4.69, 9.17) is 11.6 Å². The van der Waals surface area contributed by atoms with Gasteiger partial charge in [-0.15, -0.1) is 0 Å². The second kappa shape index (κ2) is 5.30. The summed E-state index contributed by atoms with van der Waals surface area (Å²) in [6.07, 6.45) is 2.59. The number of anilines is 1. The summed E-state index contributed by atoms with van der Waals surface area (Å²) in [6.45, 7) is 9.04. The molecule has 0 unspecified atom stereocenters. The maximum absolute atomic E-state index is 6.35. The first-order valence-electron chi connectivity index (χ1n) is 6.62. The maximum Gasteiger partial charge on any atom is 0.0461 e. The Morgan fingerprint density at radius 3 is 2.41 bits per heavy atom. The van der Waals surface area contributed by atoms with Gasteiger partial charge in [0.2, 0.25) is 0 Å². The van der Waals surface area contributed by atoms with E-state index < -0.39 is 0 Å². The van der Waals surface area contributed by atoms with Gasteiger partial charge < -0.3 is 4.90 Å². The molecular weight excluding hydrogens is 230 g/mol. The van der Waals surface area contributed by atoms with Gasteiger partial charge in [-0.2, -0.15) is 0 Å². The molecule has 0 spiro atoms. The van der Waals surface area contributed by atoms with Crippen LogP contribution in [-0.4, -0.2) is 13.1 Å². The van der Waals surface area contributed by atoms with Crippen LogP contribution < -0.4 is 4.90 Å². The number of rotatable bonds is 2. The Balaban J connectivity index is 2.14. The molecule has 0 aliphatic carbocycles. The van der Waals surface area contributed by atoms with E-state index in [2.05, 4.69) is 43.9 Å². The highest BCUT2D eigenvalue weighted by atomic mass is 35.5. The number of hydrogen-bond donors (Lipinski definition) is 0. The molecule has 2 rings (SSSR count). The smallest absolute Gasteiger partial charge is 0.0461 e. The summed E-state index contributed by atoms with van der Waals surface area (Å²) in [5, 5.41) is 0.913. The highest BCUT2D eigenvalue weighted by Crippen LogP contribution is 2.30. The van der Waals surface area contributed by atoms with Gasteiger partial charge in [0.05, 0.1) is 0 Å². The zero-order valence-corrected chi connectivity index (χ0v) is 11.8. The van der Waals surface area contributed by atoms with E-state index in [9.17, 15) is 0 Å². The minimum absolute atomic E-state index is 0.498. The van der Waals surface area contributed by atoms with Gasteiger partial charge in [-0.3, -0.25) is 0 Å². The summed E-state index contributed by atoms with van der Waals surface area (Å²) < 4.78 is 0. The van der Waals surface area contributed by atoms with Crippen LogP contribution in [0.2, 0.25) is 5.02 Å². The predicted octanol–water partition coefficient (Wildman–Crippen LogP) is 4.70. The Hall–Kier alpha value is -0.690. The lowest BCUT2D eigenvalue weighted by molar-refractivity contribution is 0.438. The molecule has 94 valence electrons. The van der Waals surface area contributed by atoms with Gasteiger partial charge in [0.15, 0.2) is 0 Å². The van der Waals surface area contributed by atoms with E-state index in [1.807, 2.05) is 0 Å². The van der Waals surface area contributed by atoms with Crippen molar-refractivity contribution < 1.29 is 0 Å². The van der Waals surface area contributed by atoms with Gasteiger partial charge in [0, 0.05) is 23.8 Å². The summed E-state index contributed by atoms with van der Waals surface area (Å²) in [4.78, 5) is 2.45. The average Bonchev–Trinajstić information content (AvgIpc) is 2.29. The Labute approximate surface area is 110 Å². The first-order chi connectivity index (χ1) is 8.08. The van der Waals surface area contributed by atoms with Crippen molar-refractivity contribution in [1.29, 1.82) is 0 Å². The molecule has 1 aromatic rings. The van der Waals surface area contributed by atoms with E-state index in [-0.39, 0.29) is 0 Å². The second-order valence-corrected chi connectivity index (χ2v) is 5.94. The molecule has 0 bridgehead atoms. The van der Waals surface area contributed by atoms with Crippen LogP contribution in [0, 0.1) is 5.92 Å². The molecule has 2 heteroatoms. The van der Waals surface area contributed by atoms with Gasteiger partial charge in [0.25, 0.3) is 0 Å². The van der Waals surface area contributed by atoms with Crippen molar-refractivity contribution in [2.45, 2.75) is 39.5 Å². The topological polar surface area (TPSA) is 3.24 Å². The molecule has 0 aromatic heterocycles. The first kappa shape index (κ1) is 12.8. The first-order valence-corrected chi connectivity index (χ1v) is 7.00. The molecule has 1 saturated heterocycles. The molecule has 1 aliphatic rings. The molecule has 0 N–H and O–H groups in total. The quantitative estimate of drug-likeness (QED) is 0.737. The Kier molecular flexibility index (Phi) is 3.98. The van der Waals surface area contributed by atoms with Crippen LogP contribution >= 0.6 is 11.6 Å². The highest BCUT2D eigenvalue weighted by molar-refractivity contribution is 6.31. The number of nitrogens with zero attached hydrogens (tertiary/aromatic N) is 1. The predicted molar refractivity (Wildman–Crippen MR) is 76.2 cm³/mol. The SMILES string of the molecule is CC1CCN(c2ccc(C(C)C)c(Cl)c2)CC1. The largest absolute Gasteiger partial charge is 0.371 e. The fourth-order valence-electron chi connectivity index (χ4n) is 2.45. The summed E-state index contributed by atoms with van der Waals surface area (Å²) in [5.41, 5.74) is 2.53. The zero-order valence-electron chi connectivity index (χ0n) is 11.0. The lowest BCUT2D eigenvalue weighted by atomic mass is 9.98. The average molecular weight is 252 g/mol. The van der Waals surface area contributed by atoms with Gasteiger partial charge >= 0.3 is 0 Å². The highest BCUT2D eigenvalue weighted by Gasteiger charge is 2.17. The van der Waals surface area contributed by atoms with E-state index in [0.29, 0.717) is 5.92 Å². The number of halogens is 1. The van der Waals surface area contributed by atoms with Crippen molar-refractivity contribution in [3.63, 3.8) is 0 Å². The van der Waals surface area contributed by atoms with Gasteiger partial charge in [-0.05, 0) is 42.4 Å². The lowest BCUT2D eigenvalue weighted by Crippen LogP contribution is -2.32. The monoisotopic (exact) mass is 251 g/mol. The van der Waals surface area contributed by atoms with Crippen molar-refractivity contribution in [2.24, 2.45) is 5.92 Å². The van der Waals surface area contributed by atoms with E-state index in [1.165, 1.54) is 37.2 Å². The molecule has 1 aromatic carbocycles. The summed E-state index contributed by atoms with van der Waals surface area (Å²) in [7, 11) is 0. The molecule has 1 fully saturated rings. The third-order valence-corrected chi connectivity index (χ3v) is 4.08. The molecule has 0 saturated carbocycles. The van der Waals surface area contributed by atoms with Crippen LogP contribution in [0.3, 0.4) is 0 Å². The van der Waals surface area contributed by atoms with Crippen LogP contribution in [0.25, 0.3) is 0 Å². The maximum atomic E-state index is 6.35. The summed E-state index contributed by atoms with van der Waals surface area (Å²) in [6, 6.07) is 6.53. The molecule has 1 aliphatic heterocycles. The normalized spacial score (nSPS) is 17.8. The van der Waals surface area contributed by atoms with Crippen molar-refractivity contribution in [3.8, 4) is 0 Å². The lowest BCUT2D eigenvalue weighted by Gasteiger charge is -2.32. The standard InChI is InChI=1S/C15H22ClN/c1-11(2)14-5-4-13(10-15(14)16)17-8-6-12(3)7-9-17/h4-5,10-12H,6-9H2,1-3H3. The molecular formula is C15H22ClN. The molecule has 17 heavy (non-hydrogen) atoms. The third kappa shape index (κ3) is 2.95. The van der Waals surface area contributed by atoms with E-state index in [1.54, 1.807) is 0 Å². The Morgan fingerprint density at radius 1 is 1.24 bits per heavy atom. The summed E-state index contributed by atoms with van der Waals surface area (Å²) in [5.74, 6) is 1.37. The van der Waals surface area contributed by atoms with Crippen molar-refractivity contribution in [2.75, 3.05) is 18.0 Å². The van der Waals surface area contributed by atoms with Gasteiger partial charge in [-0.25, -0.2) is 0 Å². The zero-order chi connectivity index (χ0) is 12.4. The van der Waals surface area contributed by atoms with Crippen molar-refractivity contribution >= 4 is 17.3 Å². The fraction of sp³-hybridized carbons (Fsp3) is 0.600. The minimum atomic E-state index is 0.498. The minimum Gasteiger partial charge on any atom is -0.371 e. The van der Waals surface area contributed by atoms with Crippen molar-refractivity contribution in [1.82, 2.24) is 0 Å². The Morgan fingerprint density at radius 2 is 1.88 bits per heavy atom. The third-order valence-electron chi connectivity index (χ3n) is 3.75. The molecule has 0 amide bonds. The Bertz CT molecular complexity index is 379. The van der Waals surface area contributed by atoms with Crippen LogP contribution in [0.1, 0.15) is 45.1 Å². The second-order valence-electron chi connectivity index (χ2n) is 5.53. The van der Waals surface area contributed by atoms with Crippen LogP contribution in [0.5, 0.6) is 0 Å². The van der Waals surface area contributed by atoms with Crippen LogP contribution in [-0.2, 0) is 0 Å². The number of hydrogen-bond acceptors (Lipinski definition) is 1. The van der Waals surface area contributed by atoms with Crippen molar-refractivity contribution in [3.05, 3.63) is 28.8 Å². The fourth-order valence-corrected chi connectivity index (χ4v) is 2.84. The van der Waals surface area contributed by atoms with Crippen LogP contribution in [0.4, 0.5) is 5.69 Å². The van der Waals surface area contributed by atoms with Crippen LogP contribution in [0.15, 0.2) is 18.2 Å². The van der Waals surface area contributed by atoms with Gasteiger partial charge in [-0.1, -0.05) is 38.4 Å². The molecule has 0 radical (unpaired) electrons. The van der Waals surface area contributed by atoms with E-state index in [0.717, 1.165) is 10.9 Å². The van der Waals surface area contributed by atoms with Gasteiger partial charge in [0.1, 0.15) is 0 Å².